The second-order valence-electron chi connectivity index (χ2n) is 3.76. The largest absolute Gasteiger partial charge is 0.481 e. The van der Waals surface area contributed by atoms with Crippen molar-refractivity contribution in [1.29, 1.82) is 0 Å². The molecule has 0 aliphatic heterocycles. The summed E-state index contributed by atoms with van der Waals surface area (Å²) in [5.74, 6) is -0.0327. The van der Waals surface area contributed by atoms with E-state index in [1.165, 1.54) is 18.2 Å². The normalized spacial score (nSPS) is 14.4. The minimum Gasteiger partial charge on any atom is -0.481 e. The van der Waals surface area contributed by atoms with E-state index < -0.39 is 12.3 Å². The van der Waals surface area contributed by atoms with Gasteiger partial charge in [0.2, 0.25) is 0 Å². The standard InChI is InChI=1S/C11H13F3N2O2/c1-6-5-8(18-7(2)11(12,13)14)3-4-9(6)10(15)16-17/h3-5,7,17H,1-2H3,(H2,15,16). The van der Waals surface area contributed by atoms with E-state index in [1.54, 1.807) is 6.92 Å². The molecule has 18 heavy (non-hydrogen) atoms. The molecule has 0 fully saturated rings. The summed E-state index contributed by atoms with van der Waals surface area (Å²) in [6.07, 6.45) is -6.32. The van der Waals surface area contributed by atoms with Crippen LogP contribution in [-0.4, -0.2) is 23.3 Å². The molecule has 1 aromatic carbocycles. The number of ether oxygens (including phenoxy) is 1. The minimum absolute atomic E-state index is 0.0758. The first-order valence-corrected chi connectivity index (χ1v) is 5.07. The number of alkyl halides is 3. The van der Waals surface area contributed by atoms with Gasteiger partial charge < -0.3 is 15.7 Å². The second-order valence-corrected chi connectivity index (χ2v) is 3.76. The van der Waals surface area contributed by atoms with Crippen LogP contribution in [0.15, 0.2) is 23.4 Å². The molecule has 4 nitrogen and oxygen atoms in total. The van der Waals surface area contributed by atoms with Crippen molar-refractivity contribution in [2.45, 2.75) is 26.1 Å². The SMILES string of the molecule is Cc1cc(OC(C)C(F)(F)F)ccc1/C(N)=N/O. The highest BCUT2D eigenvalue weighted by Gasteiger charge is 2.38. The molecule has 1 aromatic rings. The predicted octanol–water partition coefficient (Wildman–Crippen LogP) is 2.42. The van der Waals surface area contributed by atoms with Gasteiger partial charge in [-0.2, -0.15) is 13.2 Å². The fourth-order valence-corrected chi connectivity index (χ4v) is 1.32. The zero-order chi connectivity index (χ0) is 13.9. The summed E-state index contributed by atoms with van der Waals surface area (Å²) < 4.78 is 41.7. The van der Waals surface area contributed by atoms with E-state index in [0.717, 1.165) is 6.92 Å². The molecule has 1 atom stereocenters. The number of nitrogens with zero attached hydrogens (tertiary/aromatic N) is 1. The lowest BCUT2D eigenvalue weighted by Gasteiger charge is -2.18. The molecule has 100 valence electrons. The van der Waals surface area contributed by atoms with Crippen LogP contribution in [0.5, 0.6) is 5.75 Å². The molecule has 1 unspecified atom stereocenters. The fraction of sp³-hybridized carbons (Fsp3) is 0.364. The molecule has 0 aliphatic carbocycles. The average molecular weight is 262 g/mol. The molecule has 1 rings (SSSR count). The van der Waals surface area contributed by atoms with E-state index in [4.69, 9.17) is 15.7 Å². The molecule has 0 heterocycles. The Morgan fingerprint density at radius 2 is 2.06 bits per heavy atom. The number of rotatable bonds is 3. The molecule has 0 spiro atoms. The van der Waals surface area contributed by atoms with Crippen molar-refractivity contribution < 1.29 is 23.1 Å². The van der Waals surface area contributed by atoms with E-state index >= 15 is 0 Å². The molecule has 0 aliphatic rings. The maximum Gasteiger partial charge on any atom is 0.425 e. The van der Waals surface area contributed by atoms with Gasteiger partial charge in [-0.25, -0.2) is 0 Å². The second kappa shape index (κ2) is 5.16. The molecule has 0 aromatic heterocycles. The van der Waals surface area contributed by atoms with Crippen molar-refractivity contribution in [2.24, 2.45) is 10.9 Å². The van der Waals surface area contributed by atoms with Gasteiger partial charge in [0.15, 0.2) is 11.9 Å². The third-order valence-corrected chi connectivity index (χ3v) is 2.36. The van der Waals surface area contributed by atoms with Gasteiger partial charge in [-0.3, -0.25) is 0 Å². The van der Waals surface area contributed by atoms with Crippen LogP contribution in [0.1, 0.15) is 18.1 Å². The third-order valence-electron chi connectivity index (χ3n) is 2.36. The number of amidine groups is 1. The fourth-order valence-electron chi connectivity index (χ4n) is 1.32. The summed E-state index contributed by atoms with van der Waals surface area (Å²) in [7, 11) is 0. The smallest absolute Gasteiger partial charge is 0.425 e. The van der Waals surface area contributed by atoms with Crippen molar-refractivity contribution in [2.75, 3.05) is 0 Å². The van der Waals surface area contributed by atoms with Crippen LogP contribution in [0.4, 0.5) is 13.2 Å². The minimum atomic E-state index is -4.42. The molecule has 0 saturated carbocycles. The quantitative estimate of drug-likeness (QED) is 0.380. The van der Waals surface area contributed by atoms with Gasteiger partial charge in [0.05, 0.1) is 0 Å². The van der Waals surface area contributed by atoms with Crippen molar-refractivity contribution in [3.05, 3.63) is 29.3 Å². The Morgan fingerprint density at radius 1 is 1.44 bits per heavy atom. The molecule has 7 heteroatoms. The Balaban J connectivity index is 2.92. The van der Waals surface area contributed by atoms with Gasteiger partial charge in [0, 0.05) is 5.56 Å². The lowest BCUT2D eigenvalue weighted by atomic mass is 10.1. The lowest BCUT2D eigenvalue weighted by Crippen LogP contribution is -2.31. The summed E-state index contributed by atoms with van der Waals surface area (Å²) in [5.41, 5.74) is 6.38. The van der Waals surface area contributed by atoms with Gasteiger partial charge in [-0.1, -0.05) is 5.16 Å². The monoisotopic (exact) mass is 262 g/mol. The zero-order valence-electron chi connectivity index (χ0n) is 9.82. The summed E-state index contributed by atoms with van der Waals surface area (Å²) in [4.78, 5) is 0. The van der Waals surface area contributed by atoms with Crippen molar-refractivity contribution >= 4 is 5.84 Å². The van der Waals surface area contributed by atoms with Crippen LogP contribution in [-0.2, 0) is 0 Å². The Bertz CT molecular complexity index is 458. The van der Waals surface area contributed by atoms with Crippen molar-refractivity contribution in [3.8, 4) is 5.75 Å². The number of hydrogen-bond acceptors (Lipinski definition) is 3. The summed E-state index contributed by atoms with van der Waals surface area (Å²) in [6, 6.07) is 4.17. The average Bonchev–Trinajstić information content (AvgIpc) is 2.27. The third kappa shape index (κ3) is 3.28. The first-order chi connectivity index (χ1) is 8.25. The molecule has 0 radical (unpaired) electrons. The van der Waals surface area contributed by atoms with E-state index in [-0.39, 0.29) is 11.6 Å². The van der Waals surface area contributed by atoms with Crippen LogP contribution < -0.4 is 10.5 Å². The summed E-state index contributed by atoms with van der Waals surface area (Å²) >= 11 is 0. The zero-order valence-corrected chi connectivity index (χ0v) is 9.82. The Hall–Kier alpha value is -1.92. The van der Waals surface area contributed by atoms with Crippen LogP contribution in [0.25, 0.3) is 0 Å². The van der Waals surface area contributed by atoms with Gasteiger partial charge in [0.1, 0.15) is 5.75 Å². The summed E-state index contributed by atoms with van der Waals surface area (Å²) in [6.45, 7) is 2.55. The topological polar surface area (TPSA) is 67.8 Å². The van der Waals surface area contributed by atoms with Gasteiger partial charge >= 0.3 is 6.18 Å². The Morgan fingerprint density at radius 3 is 2.50 bits per heavy atom. The maximum absolute atomic E-state index is 12.3. The molecular weight excluding hydrogens is 249 g/mol. The number of hydrogen-bond donors (Lipinski definition) is 2. The highest BCUT2D eigenvalue weighted by molar-refractivity contribution is 5.98. The number of halogens is 3. The molecule has 0 bridgehead atoms. The predicted molar refractivity (Wildman–Crippen MR) is 59.8 cm³/mol. The lowest BCUT2D eigenvalue weighted by molar-refractivity contribution is -0.189. The van der Waals surface area contributed by atoms with Gasteiger partial charge in [-0.15, -0.1) is 0 Å². The maximum atomic E-state index is 12.3. The number of benzene rings is 1. The van der Waals surface area contributed by atoms with Crippen LogP contribution >= 0.6 is 0 Å². The molecule has 3 N–H and O–H groups in total. The Kier molecular flexibility index (Phi) is 4.05. The van der Waals surface area contributed by atoms with Crippen molar-refractivity contribution in [3.63, 3.8) is 0 Å². The number of nitrogens with two attached hydrogens (primary N) is 1. The van der Waals surface area contributed by atoms with Gasteiger partial charge in [-0.05, 0) is 37.6 Å². The van der Waals surface area contributed by atoms with Crippen molar-refractivity contribution in [1.82, 2.24) is 0 Å². The van der Waals surface area contributed by atoms with Gasteiger partial charge in [0.25, 0.3) is 0 Å². The van der Waals surface area contributed by atoms with E-state index in [2.05, 4.69) is 5.16 Å². The molecule has 0 saturated heterocycles. The highest BCUT2D eigenvalue weighted by Crippen LogP contribution is 2.26. The van der Waals surface area contributed by atoms with Crippen LogP contribution in [0.3, 0.4) is 0 Å². The summed E-state index contributed by atoms with van der Waals surface area (Å²) in [5, 5.41) is 11.3. The first kappa shape index (κ1) is 14.1. The van der Waals surface area contributed by atoms with Crippen LogP contribution in [0, 0.1) is 6.92 Å². The number of aryl methyl sites for hydroxylation is 1. The Labute approximate surface area is 102 Å². The number of oxime groups is 1. The molecule has 0 amide bonds. The van der Waals surface area contributed by atoms with E-state index in [0.29, 0.717) is 11.1 Å². The van der Waals surface area contributed by atoms with E-state index in [9.17, 15) is 13.2 Å². The first-order valence-electron chi connectivity index (χ1n) is 5.07. The van der Waals surface area contributed by atoms with E-state index in [1.807, 2.05) is 0 Å². The van der Waals surface area contributed by atoms with Crippen LogP contribution in [0.2, 0.25) is 0 Å². The molecular formula is C11H13F3N2O2. The highest BCUT2D eigenvalue weighted by atomic mass is 19.4.